The number of fused-ring (bicyclic) bond motifs is 1. The molecule has 0 spiro atoms. The number of amides is 2. The van der Waals surface area contributed by atoms with Crippen LogP contribution in [0.4, 0.5) is 0 Å². The van der Waals surface area contributed by atoms with E-state index in [2.05, 4.69) is 5.32 Å². The van der Waals surface area contributed by atoms with E-state index >= 15 is 0 Å². The Bertz CT molecular complexity index is 375. The van der Waals surface area contributed by atoms with Gasteiger partial charge in [0.25, 0.3) is 0 Å². The van der Waals surface area contributed by atoms with Crippen molar-refractivity contribution in [3.05, 3.63) is 0 Å². The van der Waals surface area contributed by atoms with Crippen LogP contribution in [0.5, 0.6) is 0 Å². The van der Waals surface area contributed by atoms with Crippen LogP contribution in [0.3, 0.4) is 0 Å². The minimum absolute atomic E-state index is 0. The quantitative estimate of drug-likeness (QED) is 0.836. The number of rotatable bonds is 3. The second-order valence-corrected chi connectivity index (χ2v) is 6.18. The van der Waals surface area contributed by atoms with E-state index < -0.39 is 0 Å². The average molecular weight is 304 g/mol. The fraction of sp³-hybridized carbons (Fsp3) is 0.857. The lowest BCUT2D eigenvalue weighted by atomic mass is 9.67. The second kappa shape index (κ2) is 6.76. The van der Waals surface area contributed by atoms with E-state index in [-0.39, 0.29) is 36.2 Å². The third-order valence-corrected chi connectivity index (χ3v) is 4.68. The van der Waals surface area contributed by atoms with Gasteiger partial charge in [-0.3, -0.25) is 9.59 Å². The lowest BCUT2D eigenvalue weighted by Gasteiger charge is -2.39. The van der Waals surface area contributed by atoms with Gasteiger partial charge in [0.15, 0.2) is 0 Å². The normalized spacial score (nSPS) is 28.2. The Balaban J connectivity index is 0.00000200. The van der Waals surface area contributed by atoms with Crippen LogP contribution in [-0.4, -0.2) is 62.4 Å². The van der Waals surface area contributed by atoms with Gasteiger partial charge in [-0.25, -0.2) is 0 Å². The number of halogens is 1. The number of carbonyl (C=O) groups is 2. The fourth-order valence-electron chi connectivity index (χ4n) is 3.46. The van der Waals surface area contributed by atoms with Gasteiger partial charge in [-0.15, -0.1) is 12.4 Å². The monoisotopic (exact) mass is 303 g/mol. The minimum atomic E-state index is -0.250. The third-order valence-electron chi connectivity index (χ3n) is 4.68. The van der Waals surface area contributed by atoms with Crippen molar-refractivity contribution in [3.8, 4) is 0 Å². The van der Waals surface area contributed by atoms with Gasteiger partial charge in [-0.1, -0.05) is 12.8 Å². The summed E-state index contributed by atoms with van der Waals surface area (Å²) in [6.07, 6.45) is 4.44. The predicted octanol–water partition coefficient (Wildman–Crippen LogP) is 0.735. The molecule has 0 radical (unpaired) electrons. The molecule has 0 aromatic heterocycles. The first-order valence-electron chi connectivity index (χ1n) is 7.14. The van der Waals surface area contributed by atoms with Gasteiger partial charge in [0, 0.05) is 27.7 Å². The number of hydrogen-bond acceptors (Lipinski definition) is 3. The molecule has 0 unspecified atom stereocenters. The van der Waals surface area contributed by atoms with Crippen molar-refractivity contribution in [1.82, 2.24) is 15.1 Å². The number of nitrogens with zero attached hydrogens (tertiary/aromatic N) is 2. The Kier molecular flexibility index (Phi) is 5.83. The van der Waals surface area contributed by atoms with Crippen molar-refractivity contribution in [2.45, 2.75) is 25.7 Å². The van der Waals surface area contributed by atoms with Gasteiger partial charge in [0.05, 0.1) is 12.0 Å². The van der Waals surface area contributed by atoms with Crippen LogP contribution in [0.15, 0.2) is 0 Å². The molecule has 2 fully saturated rings. The third kappa shape index (κ3) is 3.09. The van der Waals surface area contributed by atoms with Crippen LogP contribution in [0.2, 0.25) is 0 Å². The Morgan fingerprint density at radius 1 is 1.25 bits per heavy atom. The number of hydrogen-bond donors (Lipinski definition) is 1. The van der Waals surface area contributed by atoms with Crippen molar-refractivity contribution >= 4 is 24.2 Å². The van der Waals surface area contributed by atoms with Crippen LogP contribution in [-0.2, 0) is 9.59 Å². The molecule has 1 aliphatic carbocycles. The van der Waals surface area contributed by atoms with E-state index in [9.17, 15) is 9.59 Å². The molecule has 1 saturated carbocycles. The predicted molar refractivity (Wildman–Crippen MR) is 80.8 cm³/mol. The van der Waals surface area contributed by atoms with Crippen molar-refractivity contribution in [2.75, 3.05) is 40.8 Å². The summed E-state index contributed by atoms with van der Waals surface area (Å²) in [6.45, 7) is 1.90. The summed E-state index contributed by atoms with van der Waals surface area (Å²) < 4.78 is 0. The largest absolute Gasteiger partial charge is 0.347 e. The Morgan fingerprint density at radius 3 is 2.60 bits per heavy atom. The molecule has 20 heavy (non-hydrogen) atoms. The van der Waals surface area contributed by atoms with E-state index in [1.807, 2.05) is 0 Å². The number of carbonyl (C=O) groups excluding carboxylic acids is 2. The summed E-state index contributed by atoms with van der Waals surface area (Å²) in [4.78, 5) is 27.7. The molecular formula is C14H26ClN3O2. The molecule has 0 aromatic carbocycles. The smallest absolute Gasteiger partial charge is 0.241 e. The molecule has 2 amide bonds. The molecule has 0 aromatic rings. The Morgan fingerprint density at radius 2 is 1.95 bits per heavy atom. The molecule has 1 saturated heterocycles. The summed E-state index contributed by atoms with van der Waals surface area (Å²) >= 11 is 0. The van der Waals surface area contributed by atoms with Gasteiger partial charge >= 0.3 is 0 Å². The zero-order chi connectivity index (χ0) is 14.0. The van der Waals surface area contributed by atoms with Gasteiger partial charge in [-0.05, 0) is 25.3 Å². The zero-order valence-electron chi connectivity index (χ0n) is 12.6. The SMILES string of the molecule is CN(C)C(=O)CN(C)C(=O)[C@@]12CCCC[C@H]1CNC2.Cl. The summed E-state index contributed by atoms with van der Waals surface area (Å²) in [7, 11) is 5.20. The van der Waals surface area contributed by atoms with E-state index in [1.54, 1.807) is 26.0 Å². The highest BCUT2D eigenvalue weighted by Gasteiger charge is 2.50. The summed E-state index contributed by atoms with van der Waals surface area (Å²) in [5.41, 5.74) is -0.250. The topological polar surface area (TPSA) is 52.7 Å². The molecule has 1 heterocycles. The van der Waals surface area contributed by atoms with Crippen molar-refractivity contribution in [2.24, 2.45) is 11.3 Å². The van der Waals surface area contributed by atoms with Gasteiger partial charge < -0.3 is 15.1 Å². The van der Waals surface area contributed by atoms with E-state index in [1.165, 1.54) is 11.3 Å². The van der Waals surface area contributed by atoms with E-state index in [0.717, 1.165) is 32.4 Å². The first-order valence-corrected chi connectivity index (χ1v) is 7.14. The molecule has 116 valence electrons. The van der Waals surface area contributed by atoms with E-state index in [0.29, 0.717) is 5.92 Å². The lowest BCUT2D eigenvalue weighted by molar-refractivity contribution is -0.147. The highest BCUT2D eigenvalue weighted by molar-refractivity contribution is 5.88. The summed E-state index contributed by atoms with van der Waals surface area (Å²) in [5, 5.41) is 3.37. The number of likely N-dealkylation sites (N-methyl/N-ethyl adjacent to an activating group) is 2. The van der Waals surface area contributed by atoms with Gasteiger partial charge in [0.2, 0.25) is 11.8 Å². The molecule has 6 heteroatoms. The molecule has 1 N–H and O–H groups in total. The van der Waals surface area contributed by atoms with Crippen molar-refractivity contribution < 1.29 is 9.59 Å². The molecule has 2 atom stereocenters. The molecule has 5 nitrogen and oxygen atoms in total. The zero-order valence-corrected chi connectivity index (χ0v) is 13.5. The Labute approximate surface area is 127 Å². The summed E-state index contributed by atoms with van der Waals surface area (Å²) in [6, 6.07) is 0. The second-order valence-electron chi connectivity index (χ2n) is 6.18. The molecule has 0 bridgehead atoms. The van der Waals surface area contributed by atoms with Crippen molar-refractivity contribution in [3.63, 3.8) is 0 Å². The van der Waals surface area contributed by atoms with Gasteiger partial charge in [-0.2, -0.15) is 0 Å². The maximum absolute atomic E-state index is 12.8. The van der Waals surface area contributed by atoms with E-state index in [4.69, 9.17) is 0 Å². The standard InChI is InChI=1S/C14H25N3O2.ClH/c1-16(2)12(18)9-17(3)13(19)14-7-5-4-6-11(14)8-15-10-14;/h11,15H,4-10H2,1-3H3;1H/t11-,14+;/m0./s1. The Hall–Kier alpha value is -0.810. The van der Waals surface area contributed by atoms with Crippen LogP contribution in [0, 0.1) is 11.3 Å². The molecular weight excluding hydrogens is 278 g/mol. The van der Waals surface area contributed by atoms with Crippen LogP contribution >= 0.6 is 12.4 Å². The highest BCUT2D eigenvalue weighted by atomic mass is 35.5. The maximum Gasteiger partial charge on any atom is 0.241 e. The highest BCUT2D eigenvalue weighted by Crippen LogP contribution is 2.44. The van der Waals surface area contributed by atoms with Crippen molar-refractivity contribution in [1.29, 1.82) is 0 Å². The molecule has 2 aliphatic rings. The summed E-state index contributed by atoms with van der Waals surface area (Å²) in [5.74, 6) is 0.577. The number of nitrogens with one attached hydrogen (secondary N) is 1. The molecule has 1 aliphatic heterocycles. The van der Waals surface area contributed by atoms with Crippen LogP contribution < -0.4 is 5.32 Å². The fourth-order valence-corrected chi connectivity index (χ4v) is 3.46. The first kappa shape index (κ1) is 17.2. The first-order chi connectivity index (χ1) is 8.97. The van der Waals surface area contributed by atoms with Crippen LogP contribution in [0.1, 0.15) is 25.7 Å². The lowest BCUT2D eigenvalue weighted by Crippen LogP contribution is -2.50. The molecule has 2 rings (SSSR count). The van der Waals surface area contributed by atoms with Gasteiger partial charge in [0.1, 0.15) is 0 Å². The van der Waals surface area contributed by atoms with Crippen LogP contribution in [0.25, 0.3) is 0 Å². The minimum Gasteiger partial charge on any atom is -0.347 e. The maximum atomic E-state index is 12.8. The average Bonchev–Trinajstić information content (AvgIpc) is 2.82.